The summed E-state index contributed by atoms with van der Waals surface area (Å²) in [5.74, 6) is -0.333. The van der Waals surface area contributed by atoms with Crippen molar-refractivity contribution >= 4 is 11.9 Å². The average molecular weight is 281 g/mol. The minimum atomic E-state index is -0.341. The van der Waals surface area contributed by atoms with Gasteiger partial charge in [-0.1, -0.05) is 37.5 Å². The zero-order valence-corrected chi connectivity index (χ0v) is 12.9. The zero-order valence-electron chi connectivity index (χ0n) is 12.9. The molecule has 0 aliphatic carbocycles. The summed E-state index contributed by atoms with van der Waals surface area (Å²) in [6, 6.07) is 0. The SMILES string of the molecule is CCCCC/C=C(/C=C/C(=O)OCC)CCC(=O)NC. The van der Waals surface area contributed by atoms with Gasteiger partial charge in [-0.15, -0.1) is 0 Å². The summed E-state index contributed by atoms with van der Waals surface area (Å²) in [6.07, 6.45) is 10.9. The lowest BCUT2D eigenvalue weighted by Gasteiger charge is -2.03. The van der Waals surface area contributed by atoms with Crippen LogP contribution in [0.2, 0.25) is 0 Å². The van der Waals surface area contributed by atoms with Gasteiger partial charge < -0.3 is 10.1 Å². The molecular weight excluding hydrogens is 254 g/mol. The number of carbonyl (C=O) groups is 2. The summed E-state index contributed by atoms with van der Waals surface area (Å²) in [7, 11) is 1.63. The van der Waals surface area contributed by atoms with Gasteiger partial charge in [0.15, 0.2) is 0 Å². The molecular formula is C16H27NO3. The first-order valence-electron chi connectivity index (χ1n) is 7.38. The molecule has 0 saturated carbocycles. The lowest BCUT2D eigenvalue weighted by Crippen LogP contribution is -2.17. The van der Waals surface area contributed by atoms with Gasteiger partial charge in [0.25, 0.3) is 0 Å². The van der Waals surface area contributed by atoms with Crippen molar-refractivity contribution in [3.05, 3.63) is 23.8 Å². The van der Waals surface area contributed by atoms with Crippen LogP contribution in [0.1, 0.15) is 52.4 Å². The summed E-state index contributed by atoms with van der Waals surface area (Å²) in [5, 5.41) is 2.60. The molecule has 0 aromatic heterocycles. The Morgan fingerprint density at radius 3 is 2.45 bits per heavy atom. The molecule has 114 valence electrons. The van der Waals surface area contributed by atoms with E-state index in [1.54, 1.807) is 20.0 Å². The Hall–Kier alpha value is -1.58. The Balaban J connectivity index is 4.44. The van der Waals surface area contributed by atoms with Gasteiger partial charge >= 0.3 is 5.97 Å². The number of nitrogens with one attached hydrogen (secondary N) is 1. The van der Waals surface area contributed by atoms with Gasteiger partial charge in [-0.05, 0) is 26.2 Å². The van der Waals surface area contributed by atoms with Crippen LogP contribution in [0.5, 0.6) is 0 Å². The van der Waals surface area contributed by atoms with E-state index in [-0.39, 0.29) is 11.9 Å². The molecule has 0 spiro atoms. The van der Waals surface area contributed by atoms with E-state index in [4.69, 9.17) is 4.74 Å². The largest absolute Gasteiger partial charge is 0.463 e. The van der Waals surface area contributed by atoms with Crippen molar-refractivity contribution in [2.24, 2.45) is 0 Å². The molecule has 1 N–H and O–H groups in total. The maximum absolute atomic E-state index is 11.3. The molecule has 1 amide bonds. The average Bonchev–Trinajstić information content (AvgIpc) is 2.45. The van der Waals surface area contributed by atoms with Crippen molar-refractivity contribution in [3.63, 3.8) is 0 Å². The number of esters is 1. The van der Waals surface area contributed by atoms with Crippen LogP contribution in [-0.2, 0) is 14.3 Å². The highest BCUT2D eigenvalue weighted by atomic mass is 16.5. The number of allylic oxidation sites excluding steroid dienone is 3. The first-order chi connectivity index (χ1) is 9.63. The highest BCUT2D eigenvalue weighted by Crippen LogP contribution is 2.11. The third-order valence-electron chi connectivity index (χ3n) is 2.85. The summed E-state index contributed by atoms with van der Waals surface area (Å²) < 4.78 is 4.85. The van der Waals surface area contributed by atoms with Crippen molar-refractivity contribution in [1.29, 1.82) is 0 Å². The van der Waals surface area contributed by atoms with Crippen LogP contribution in [0.3, 0.4) is 0 Å². The lowest BCUT2D eigenvalue weighted by molar-refractivity contribution is -0.137. The maximum atomic E-state index is 11.3. The van der Waals surface area contributed by atoms with Crippen LogP contribution < -0.4 is 5.32 Å². The molecule has 0 aromatic rings. The highest BCUT2D eigenvalue weighted by molar-refractivity contribution is 5.82. The van der Waals surface area contributed by atoms with Crippen LogP contribution in [0.25, 0.3) is 0 Å². The van der Waals surface area contributed by atoms with Gasteiger partial charge in [-0.25, -0.2) is 4.79 Å². The van der Waals surface area contributed by atoms with Crippen LogP contribution in [0.15, 0.2) is 23.8 Å². The number of unbranched alkanes of at least 4 members (excludes halogenated alkanes) is 3. The molecule has 0 aromatic carbocycles. The molecule has 0 atom stereocenters. The van der Waals surface area contributed by atoms with E-state index in [1.165, 1.54) is 18.9 Å². The summed E-state index contributed by atoms with van der Waals surface area (Å²) in [5.41, 5.74) is 1.01. The first-order valence-corrected chi connectivity index (χ1v) is 7.38. The van der Waals surface area contributed by atoms with E-state index in [9.17, 15) is 9.59 Å². The molecule has 0 aliphatic rings. The summed E-state index contributed by atoms with van der Waals surface area (Å²) in [6.45, 7) is 4.31. The predicted molar refractivity (Wildman–Crippen MR) is 81.3 cm³/mol. The first kappa shape index (κ1) is 18.4. The van der Waals surface area contributed by atoms with E-state index in [0.29, 0.717) is 19.4 Å². The third kappa shape index (κ3) is 10.4. The second-order valence-electron chi connectivity index (χ2n) is 4.53. The monoisotopic (exact) mass is 281 g/mol. The predicted octanol–water partition coefficient (Wildman–Crippen LogP) is 3.14. The van der Waals surface area contributed by atoms with Crippen molar-refractivity contribution in [2.75, 3.05) is 13.7 Å². The molecule has 0 radical (unpaired) electrons. The molecule has 20 heavy (non-hydrogen) atoms. The van der Waals surface area contributed by atoms with Gasteiger partial charge in [0.2, 0.25) is 5.91 Å². The number of hydrogen-bond donors (Lipinski definition) is 1. The second kappa shape index (κ2) is 12.5. The zero-order chi connectivity index (χ0) is 15.2. The van der Waals surface area contributed by atoms with Gasteiger partial charge in [-0.2, -0.15) is 0 Å². The fraction of sp³-hybridized carbons (Fsp3) is 0.625. The van der Waals surface area contributed by atoms with E-state index >= 15 is 0 Å². The quantitative estimate of drug-likeness (QED) is 0.290. The number of ether oxygens (including phenoxy) is 1. The number of rotatable bonds is 10. The molecule has 4 heteroatoms. The Morgan fingerprint density at radius 2 is 1.85 bits per heavy atom. The molecule has 4 nitrogen and oxygen atoms in total. The molecule has 0 fully saturated rings. The number of hydrogen-bond acceptors (Lipinski definition) is 3. The van der Waals surface area contributed by atoms with Crippen molar-refractivity contribution < 1.29 is 14.3 Å². The smallest absolute Gasteiger partial charge is 0.330 e. The number of amides is 1. The van der Waals surface area contributed by atoms with Crippen LogP contribution >= 0.6 is 0 Å². The van der Waals surface area contributed by atoms with Gasteiger partial charge in [0, 0.05) is 19.5 Å². The molecule has 0 bridgehead atoms. The minimum absolute atomic E-state index is 0.00833. The standard InChI is InChI=1S/C16H27NO3/c1-4-6-7-8-9-14(10-12-15(18)17-3)11-13-16(19)20-5-2/h9,11,13H,4-8,10,12H2,1-3H3,(H,17,18)/b13-11+,14-9+. The summed E-state index contributed by atoms with van der Waals surface area (Å²) in [4.78, 5) is 22.6. The van der Waals surface area contributed by atoms with Crippen LogP contribution in [0.4, 0.5) is 0 Å². The van der Waals surface area contributed by atoms with E-state index in [0.717, 1.165) is 18.4 Å². The molecule has 0 aliphatic heterocycles. The maximum Gasteiger partial charge on any atom is 0.330 e. The highest BCUT2D eigenvalue weighted by Gasteiger charge is 2.01. The van der Waals surface area contributed by atoms with Gasteiger partial charge in [0.05, 0.1) is 6.61 Å². The van der Waals surface area contributed by atoms with Crippen LogP contribution in [0, 0.1) is 0 Å². The normalized spacial score (nSPS) is 11.7. The number of carbonyl (C=O) groups excluding carboxylic acids is 2. The van der Waals surface area contributed by atoms with E-state index in [2.05, 4.69) is 18.3 Å². The van der Waals surface area contributed by atoms with Crippen LogP contribution in [-0.4, -0.2) is 25.5 Å². The Labute approximate surface area is 122 Å². The Bertz CT molecular complexity index is 346. The van der Waals surface area contributed by atoms with Crippen molar-refractivity contribution in [1.82, 2.24) is 5.32 Å². The fourth-order valence-electron chi connectivity index (χ4n) is 1.68. The molecule has 0 rings (SSSR count). The molecule has 0 heterocycles. The molecule has 0 saturated heterocycles. The van der Waals surface area contributed by atoms with Gasteiger partial charge in [-0.3, -0.25) is 4.79 Å². The molecule has 0 unspecified atom stereocenters. The van der Waals surface area contributed by atoms with E-state index < -0.39 is 0 Å². The van der Waals surface area contributed by atoms with Crippen molar-refractivity contribution in [3.8, 4) is 0 Å². The minimum Gasteiger partial charge on any atom is -0.463 e. The second-order valence-corrected chi connectivity index (χ2v) is 4.53. The lowest BCUT2D eigenvalue weighted by atomic mass is 10.1. The fourth-order valence-corrected chi connectivity index (χ4v) is 1.68. The third-order valence-corrected chi connectivity index (χ3v) is 2.85. The Morgan fingerprint density at radius 1 is 1.10 bits per heavy atom. The van der Waals surface area contributed by atoms with Crippen molar-refractivity contribution in [2.45, 2.75) is 52.4 Å². The van der Waals surface area contributed by atoms with E-state index in [1.807, 2.05) is 0 Å². The summed E-state index contributed by atoms with van der Waals surface area (Å²) >= 11 is 0. The topological polar surface area (TPSA) is 55.4 Å². The Kier molecular flexibility index (Phi) is 11.5. The van der Waals surface area contributed by atoms with Gasteiger partial charge in [0.1, 0.15) is 0 Å².